The molecule has 2 N–H and O–H groups in total. The Balaban J connectivity index is 1.69. The minimum Gasteiger partial charge on any atom is -0.343 e. The van der Waals surface area contributed by atoms with Crippen molar-refractivity contribution in [3.05, 3.63) is 0 Å². The SMILES string of the molecule is CN(C(=O)CCC1CCCCC1)C1CCC(N)CC1. The Morgan fingerprint density at radius 2 is 1.68 bits per heavy atom. The fourth-order valence-electron chi connectivity index (χ4n) is 3.67. The highest BCUT2D eigenvalue weighted by Gasteiger charge is 2.25. The van der Waals surface area contributed by atoms with Crippen LogP contribution in [0.3, 0.4) is 0 Å². The summed E-state index contributed by atoms with van der Waals surface area (Å²) < 4.78 is 0. The molecule has 0 radical (unpaired) electrons. The molecule has 0 bridgehead atoms. The second kappa shape index (κ2) is 7.28. The van der Waals surface area contributed by atoms with E-state index in [0.717, 1.165) is 44.4 Å². The van der Waals surface area contributed by atoms with Gasteiger partial charge in [-0.05, 0) is 38.0 Å². The van der Waals surface area contributed by atoms with Gasteiger partial charge in [0.15, 0.2) is 0 Å². The van der Waals surface area contributed by atoms with Crippen molar-refractivity contribution in [3.8, 4) is 0 Å². The average Bonchev–Trinajstić information content (AvgIpc) is 2.46. The van der Waals surface area contributed by atoms with Crippen molar-refractivity contribution < 1.29 is 4.79 Å². The van der Waals surface area contributed by atoms with Crippen LogP contribution >= 0.6 is 0 Å². The van der Waals surface area contributed by atoms with Crippen molar-refractivity contribution in [1.82, 2.24) is 4.90 Å². The number of amides is 1. The molecule has 2 aliphatic rings. The number of carbonyl (C=O) groups is 1. The predicted molar refractivity (Wildman–Crippen MR) is 78.8 cm³/mol. The summed E-state index contributed by atoms with van der Waals surface area (Å²) in [5.74, 6) is 1.16. The van der Waals surface area contributed by atoms with Crippen molar-refractivity contribution in [2.75, 3.05) is 7.05 Å². The van der Waals surface area contributed by atoms with E-state index in [0.29, 0.717) is 18.0 Å². The average molecular weight is 266 g/mol. The van der Waals surface area contributed by atoms with Crippen molar-refractivity contribution in [2.45, 2.75) is 82.7 Å². The topological polar surface area (TPSA) is 46.3 Å². The molecule has 0 aromatic heterocycles. The van der Waals surface area contributed by atoms with Gasteiger partial charge in [-0.2, -0.15) is 0 Å². The van der Waals surface area contributed by atoms with E-state index in [4.69, 9.17) is 5.73 Å². The van der Waals surface area contributed by atoms with Crippen molar-refractivity contribution in [2.24, 2.45) is 11.7 Å². The summed E-state index contributed by atoms with van der Waals surface area (Å²) in [6, 6.07) is 0.806. The van der Waals surface area contributed by atoms with Gasteiger partial charge in [0.25, 0.3) is 0 Å². The van der Waals surface area contributed by atoms with Gasteiger partial charge in [-0.3, -0.25) is 4.79 Å². The summed E-state index contributed by atoms with van der Waals surface area (Å²) >= 11 is 0. The van der Waals surface area contributed by atoms with Gasteiger partial charge in [0.05, 0.1) is 0 Å². The Morgan fingerprint density at radius 3 is 2.32 bits per heavy atom. The van der Waals surface area contributed by atoms with Crippen LogP contribution in [0.2, 0.25) is 0 Å². The highest BCUT2D eigenvalue weighted by Crippen LogP contribution is 2.28. The van der Waals surface area contributed by atoms with Crippen LogP contribution in [0.4, 0.5) is 0 Å². The van der Waals surface area contributed by atoms with Gasteiger partial charge in [0.1, 0.15) is 0 Å². The summed E-state index contributed by atoms with van der Waals surface area (Å²) in [5, 5.41) is 0. The van der Waals surface area contributed by atoms with Gasteiger partial charge in [0.2, 0.25) is 5.91 Å². The first-order valence-electron chi connectivity index (χ1n) is 8.18. The highest BCUT2D eigenvalue weighted by molar-refractivity contribution is 5.76. The molecule has 3 heteroatoms. The van der Waals surface area contributed by atoms with Crippen LogP contribution in [0.1, 0.15) is 70.6 Å². The van der Waals surface area contributed by atoms with E-state index in [9.17, 15) is 4.79 Å². The second-order valence-electron chi connectivity index (χ2n) is 6.62. The molecule has 2 aliphatic carbocycles. The number of nitrogens with zero attached hydrogens (tertiary/aromatic N) is 1. The van der Waals surface area contributed by atoms with Gasteiger partial charge in [-0.25, -0.2) is 0 Å². The van der Waals surface area contributed by atoms with Crippen LogP contribution in [-0.4, -0.2) is 29.9 Å². The van der Waals surface area contributed by atoms with E-state index in [2.05, 4.69) is 0 Å². The van der Waals surface area contributed by atoms with E-state index in [-0.39, 0.29) is 0 Å². The van der Waals surface area contributed by atoms with Crippen LogP contribution in [-0.2, 0) is 4.79 Å². The number of nitrogens with two attached hydrogens (primary N) is 1. The summed E-state index contributed by atoms with van der Waals surface area (Å²) in [7, 11) is 1.99. The zero-order chi connectivity index (χ0) is 13.7. The van der Waals surface area contributed by atoms with Crippen LogP contribution in [0.25, 0.3) is 0 Å². The maximum absolute atomic E-state index is 12.3. The molecule has 0 aromatic rings. The molecule has 0 atom stereocenters. The van der Waals surface area contributed by atoms with Gasteiger partial charge in [0, 0.05) is 25.6 Å². The van der Waals surface area contributed by atoms with Crippen LogP contribution in [0, 0.1) is 5.92 Å². The summed E-state index contributed by atoms with van der Waals surface area (Å²) in [4.78, 5) is 14.3. The second-order valence-corrected chi connectivity index (χ2v) is 6.62. The predicted octanol–water partition coefficient (Wildman–Crippen LogP) is 3.08. The highest BCUT2D eigenvalue weighted by atomic mass is 16.2. The fraction of sp³-hybridized carbons (Fsp3) is 0.938. The number of hydrogen-bond acceptors (Lipinski definition) is 2. The van der Waals surface area contributed by atoms with E-state index in [1.807, 2.05) is 11.9 Å². The molecule has 1 amide bonds. The molecule has 110 valence electrons. The standard InChI is InChI=1S/C16H30N2O/c1-18(15-10-8-14(17)9-11-15)16(19)12-7-13-5-3-2-4-6-13/h13-15H,2-12,17H2,1H3. The molecule has 0 saturated heterocycles. The van der Waals surface area contributed by atoms with Gasteiger partial charge < -0.3 is 10.6 Å². The van der Waals surface area contributed by atoms with E-state index >= 15 is 0 Å². The van der Waals surface area contributed by atoms with Gasteiger partial charge in [-0.1, -0.05) is 32.1 Å². The monoisotopic (exact) mass is 266 g/mol. The third-order valence-electron chi connectivity index (χ3n) is 5.17. The summed E-state index contributed by atoms with van der Waals surface area (Å²) in [6.07, 6.45) is 13.0. The Labute approximate surface area is 117 Å². The molecule has 0 spiro atoms. The lowest BCUT2D eigenvalue weighted by Crippen LogP contribution is -2.41. The summed E-state index contributed by atoms with van der Waals surface area (Å²) in [5.41, 5.74) is 5.93. The van der Waals surface area contributed by atoms with Crippen LogP contribution in [0.5, 0.6) is 0 Å². The normalized spacial score (nSPS) is 29.2. The van der Waals surface area contributed by atoms with E-state index < -0.39 is 0 Å². The van der Waals surface area contributed by atoms with Crippen molar-refractivity contribution >= 4 is 5.91 Å². The molecular formula is C16H30N2O. The van der Waals surface area contributed by atoms with Gasteiger partial charge >= 0.3 is 0 Å². The Morgan fingerprint density at radius 1 is 1.05 bits per heavy atom. The van der Waals surface area contributed by atoms with Crippen LogP contribution in [0.15, 0.2) is 0 Å². The first kappa shape index (κ1) is 14.8. The number of rotatable bonds is 4. The molecule has 3 nitrogen and oxygen atoms in total. The quantitative estimate of drug-likeness (QED) is 0.850. The molecule has 0 aliphatic heterocycles. The molecule has 0 heterocycles. The first-order chi connectivity index (χ1) is 9.16. The zero-order valence-electron chi connectivity index (χ0n) is 12.4. The Bertz CT molecular complexity index is 278. The molecule has 0 unspecified atom stereocenters. The Hall–Kier alpha value is -0.570. The molecule has 0 aromatic carbocycles. The number of carbonyl (C=O) groups excluding carboxylic acids is 1. The maximum Gasteiger partial charge on any atom is 0.222 e. The third kappa shape index (κ3) is 4.48. The van der Waals surface area contributed by atoms with E-state index in [1.165, 1.54) is 32.1 Å². The molecule has 19 heavy (non-hydrogen) atoms. The summed E-state index contributed by atoms with van der Waals surface area (Å²) in [6.45, 7) is 0. The lowest BCUT2D eigenvalue weighted by molar-refractivity contribution is -0.133. The Kier molecular flexibility index (Phi) is 5.68. The third-order valence-corrected chi connectivity index (χ3v) is 5.17. The molecule has 2 saturated carbocycles. The zero-order valence-corrected chi connectivity index (χ0v) is 12.4. The largest absolute Gasteiger partial charge is 0.343 e. The van der Waals surface area contributed by atoms with Crippen LogP contribution < -0.4 is 5.73 Å². The molecule has 2 fully saturated rings. The lowest BCUT2D eigenvalue weighted by Gasteiger charge is -2.34. The van der Waals surface area contributed by atoms with Crippen molar-refractivity contribution in [3.63, 3.8) is 0 Å². The smallest absolute Gasteiger partial charge is 0.222 e. The lowest BCUT2D eigenvalue weighted by atomic mass is 9.86. The van der Waals surface area contributed by atoms with Gasteiger partial charge in [-0.15, -0.1) is 0 Å². The van der Waals surface area contributed by atoms with Crippen molar-refractivity contribution in [1.29, 1.82) is 0 Å². The fourth-order valence-corrected chi connectivity index (χ4v) is 3.67. The first-order valence-corrected chi connectivity index (χ1v) is 8.18. The molecular weight excluding hydrogens is 236 g/mol. The molecule has 2 rings (SSSR count). The maximum atomic E-state index is 12.3. The minimum absolute atomic E-state index is 0.353. The number of hydrogen-bond donors (Lipinski definition) is 1. The van der Waals surface area contributed by atoms with E-state index in [1.54, 1.807) is 0 Å². The minimum atomic E-state index is 0.353.